The van der Waals surface area contributed by atoms with Crippen molar-refractivity contribution in [2.75, 3.05) is 0 Å². The van der Waals surface area contributed by atoms with Gasteiger partial charge in [0.15, 0.2) is 0 Å². The van der Waals surface area contributed by atoms with Gasteiger partial charge in [0.1, 0.15) is 23.3 Å². The van der Waals surface area contributed by atoms with Crippen molar-refractivity contribution >= 4 is 11.3 Å². The van der Waals surface area contributed by atoms with Gasteiger partial charge in [0.2, 0.25) is 0 Å². The van der Waals surface area contributed by atoms with Gasteiger partial charge >= 0.3 is 6.18 Å². The van der Waals surface area contributed by atoms with Gasteiger partial charge in [0.25, 0.3) is 5.56 Å². The molecule has 0 aliphatic carbocycles. The van der Waals surface area contributed by atoms with Crippen molar-refractivity contribution < 1.29 is 22.0 Å². The van der Waals surface area contributed by atoms with Crippen LogP contribution in [0.3, 0.4) is 0 Å². The SMILES string of the molecule is Cc1ncc(-c2ccc(-c3cc(C(F)(F)F)c(C#N)c(=O)n3Cc3ccc(F)cc3F)s2)cc1C(C)C. The van der Waals surface area contributed by atoms with Gasteiger partial charge in [-0.3, -0.25) is 9.78 Å². The van der Waals surface area contributed by atoms with E-state index in [0.29, 0.717) is 15.8 Å². The summed E-state index contributed by atoms with van der Waals surface area (Å²) < 4.78 is 70.1. The molecule has 190 valence electrons. The number of hydrogen-bond acceptors (Lipinski definition) is 4. The molecule has 0 saturated carbocycles. The van der Waals surface area contributed by atoms with E-state index in [0.717, 1.165) is 50.9 Å². The molecule has 10 heteroatoms. The number of nitriles is 1. The van der Waals surface area contributed by atoms with Gasteiger partial charge in [-0.2, -0.15) is 18.4 Å². The molecule has 4 nitrogen and oxygen atoms in total. The maximum Gasteiger partial charge on any atom is 0.417 e. The Bertz CT molecular complexity index is 1600. The molecule has 0 amide bonds. The highest BCUT2D eigenvalue weighted by molar-refractivity contribution is 7.18. The van der Waals surface area contributed by atoms with Gasteiger partial charge in [-0.15, -0.1) is 11.3 Å². The average Bonchev–Trinajstić information content (AvgIpc) is 3.31. The van der Waals surface area contributed by atoms with E-state index in [9.17, 15) is 32.0 Å². The number of alkyl halides is 3. The van der Waals surface area contributed by atoms with Crippen LogP contribution in [0.5, 0.6) is 0 Å². The van der Waals surface area contributed by atoms with Crippen LogP contribution in [0, 0.1) is 29.9 Å². The number of rotatable bonds is 5. The average molecular weight is 530 g/mol. The molecule has 0 fully saturated rings. The van der Waals surface area contributed by atoms with Gasteiger partial charge in [-0.05, 0) is 48.7 Å². The minimum Gasteiger partial charge on any atom is -0.302 e. The second-order valence-electron chi connectivity index (χ2n) is 8.77. The van der Waals surface area contributed by atoms with Gasteiger partial charge in [-0.25, -0.2) is 8.78 Å². The van der Waals surface area contributed by atoms with Crippen LogP contribution in [0.25, 0.3) is 21.0 Å². The number of thiophene rings is 1. The normalized spacial score (nSPS) is 11.7. The third-order valence-corrected chi connectivity index (χ3v) is 7.11. The Morgan fingerprint density at radius 1 is 1.08 bits per heavy atom. The standard InChI is InChI=1S/C27H20F5N3OS/c1-14(2)19-8-17(12-34-15(19)3)24-6-7-25(37-24)23-10-21(27(30,31)32)20(11-33)26(36)35(23)13-16-4-5-18(28)9-22(16)29/h4-10,12,14H,13H2,1-3H3. The van der Waals surface area contributed by atoms with E-state index in [-0.39, 0.29) is 17.2 Å². The second kappa shape index (κ2) is 9.90. The number of halogens is 5. The van der Waals surface area contributed by atoms with Crippen molar-refractivity contribution in [2.24, 2.45) is 0 Å². The fourth-order valence-corrected chi connectivity index (χ4v) is 5.07. The van der Waals surface area contributed by atoms with Crippen molar-refractivity contribution in [2.45, 2.75) is 39.4 Å². The molecule has 0 N–H and O–H groups in total. The molecule has 0 spiro atoms. The molecule has 0 atom stereocenters. The number of aromatic nitrogens is 2. The Hall–Kier alpha value is -3.84. The summed E-state index contributed by atoms with van der Waals surface area (Å²) in [5.41, 5.74) is -1.30. The smallest absolute Gasteiger partial charge is 0.302 e. The first-order chi connectivity index (χ1) is 17.4. The van der Waals surface area contributed by atoms with Gasteiger partial charge in [0.05, 0.1) is 22.7 Å². The molecule has 0 saturated heterocycles. The maximum atomic E-state index is 14.4. The van der Waals surface area contributed by atoms with Crippen LogP contribution in [0.15, 0.2) is 53.5 Å². The lowest BCUT2D eigenvalue weighted by atomic mass is 10.00. The maximum absolute atomic E-state index is 14.4. The molecule has 37 heavy (non-hydrogen) atoms. The molecule has 0 aliphatic heterocycles. The minimum absolute atomic E-state index is 0.116. The van der Waals surface area contributed by atoms with Crippen molar-refractivity contribution in [1.29, 1.82) is 5.26 Å². The number of hydrogen-bond donors (Lipinski definition) is 0. The predicted octanol–water partition coefficient (Wildman–Crippen LogP) is 7.29. The molecule has 4 rings (SSSR count). The molecule has 0 radical (unpaired) electrons. The molecular formula is C27H20F5N3OS. The Morgan fingerprint density at radius 3 is 2.41 bits per heavy atom. The van der Waals surface area contributed by atoms with E-state index in [1.807, 2.05) is 26.8 Å². The summed E-state index contributed by atoms with van der Waals surface area (Å²) in [5, 5.41) is 9.36. The van der Waals surface area contributed by atoms with Crippen molar-refractivity contribution in [3.63, 3.8) is 0 Å². The topological polar surface area (TPSA) is 58.7 Å². The molecular weight excluding hydrogens is 509 g/mol. The molecule has 0 bridgehead atoms. The van der Waals surface area contributed by atoms with Crippen molar-refractivity contribution in [3.05, 3.63) is 98.6 Å². The lowest BCUT2D eigenvalue weighted by Gasteiger charge is -2.17. The molecule has 4 aromatic rings. The number of benzene rings is 1. The first-order valence-electron chi connectivity index (χ1n) is 11.2. The van der Waals surface area contributed by atoms with E-state index in [4.69, 9.17) is 0 Å². The number of aryl methyl sites for hydroxylation is 1. The predicted molar refractivity (Wildman–Crippen MR) is 131 cm³/mol. The summed E-state index contributed by atoms with van der Waals surface area (Å²) in [6.07, 6.45) is -3.30. The van der Waals surface area contributed by atoms with Crippen molar-refractivity contribution in [3.8, 4) is 27.1 Å². The van der Waals surface area contributed by atoms with E-state index < -0.39 is 41.0 Å². The zero-order valence-electron chi connectivity index (χ0n) is 20.0. The van der Waals surface area contributed by atoms with Crippen LogP contribution in [-0.2, 0) is 12.7 Å². The Kier molecular flexibility index (Phi) is 7.02. The molecule has 0 aliphatic rings. The summed E-state index contributed by atoms with van der Waals surface area (Å²) in [6.45, 7) is 5.44. The van der Waals surface area contributed by atoms with E-state index in [1.54, 1.807) is 18.3 Å². The van der Waals surface area contributed by atoms with Gasteiger partial charge in [-0.1, -0.05) is 19.9 Å². The van der Waals surface area contributed by atoms with Crippen LogP contribution in [0.2, 0.25) is 0 Å². The fourth-order valence-electron chi connectivity index (χ4n) is 4.06. The Morgan fingerprint density at radius 2 is 1.78 bits per heavy atom. The first-order valence-corrected chi connectivity index (χ1v) is 12.0. The zero-order chi connectivity index (χ0) is 27.1. The highest BCUT2D eigenvalue weighted by Crippen LogP contribution is 2.38. The van der Waals surface area contributed by atoms with Crippen LogP contribution in [0.1, 0.15) is 47.7 Å². The summed E-state index contributed by atoms with van der Waals surface area (Å²) in [7, 11) is 0. The lowest BCUT2D eigenvalue weighted by Crippen LogP contribution is -2.28. The third kappa shape index (κ3) is 5.18. The van der Waals surface area contributed by atoms with Crippen molar-refractivity contribution in [1.82, 2.24) is 9.55 Å². The minimum atomic E-state index is -4.97. The second-order valence-corrected chi connectivity index (χ2v) is 9.86. The first kappa shape index (κ1) is 26.2. The molecule has 3 heterocycles. The van der Waals surface area contributed by atoms with Crippen LogP contribution in [-0.4, -0.2) is 9.55 Å². The molecule has 0 unspecified atom stereocenters. The summed E-state index contributed by atoms with van der Waals surface area (Å²) in [4.78, 5) is 18.5. The van der Waals surface area contributed by atoms with Gasteiger partial charge in [0, 0.05) is 34.0 Å². The Balaban J connectivity index is 1.92. The number of pyridine rings is 2. The quantitative estimate of drug-likeness (QED) is 0.255. The summed E-state index contributed by atoms with van der Waals surface area (Å²) in [5.74, 6) is -1.60. The molecule has 3 aromatic heterocycles. The zero-order valence-corrected chi connectivity index (χ0v) is 20.8. The molecule has 1 aromatic carbocycles. The third-order valence-electron chi connectivity index (χ3n) is 5.95. The van der Waals surface area contributed by atoms with E-state index >= 15 is 0 Å². The largest absolute Gasteiger partial charge is 0.417 e. The van der Waals surface area contributed by atoms with Gasteiger partial charge < -0.3 is 4.57 Å². The van der Waals surface area contributed by atoms with Crippen LogP contribution >= 0.6 is 11.3 Å². The lowest BCUT2D eigenvalue weighted by molar-refractivity contribution is -0.137. The highest BCUT2D eigenvalue weighted by atomic mass is 32.1. The van der Waals surface area contributed by atoms with E-state index in [2.05, 4.69) is 4.98 Å². The summed E-state index contributed by atoms with van der Waals surface area (Å²) in [6, 6.07) is 10.0. The summed E-state index contributed by atoms with van der Waals surface area (Å²) >= 11 is 1.13. The Labute approximate surface area is 213 Å². The van der Waals surface area contributed by atoms with E-state index in [1.165, 1.54) is 6.07 Å². The fraction of sp³-hybridized carbons (Fsp3) is 0.222. The highest BCUT2D eigenvalue weighted by Gasteiger charge is 2.37. The number of nitrogens with zero attached hydrogens (tertiary/aromatic N) is 3. The van der Waals surface area contributed by atoms with Crippen LogP contribution in [0.4, 0.5) is 22.0 Å². The monoisotopic (exact) mass is 529 g/mol. The van der Waals surface area contributed by atoms with Crippen LogP contribution < -0.4 is 5.56 Å².